The Labute approximate surface area is 171 Å². The highest BCUT2D eigenvalue weighted by molar-refractivity contribution is 5.92. The largest absolute Gasteiger partial charge is 0.342 e. The number of benzene rings is 2. The number of fused-ring (bicyclic) bond motifs is 1. The maximum absolute atomic E-state index is 13.8. The molecule has 0 unspecified atom stereocenters. The van der Waals surface area contributed by atoms with Gasteiger partial charge >= 0.3 is 0 Å². The zero-order chi connectivity index (χ0) is 20.4. The molecular weight excluding hydrogens is 365 g/mol. The van der Waals surface area contributed by atoms with Gasteiger partial charge in [0.05, 0.1) is 5.52 Å². The summed E-state index contributed by atoms with van der Waals surface area (Å²) in [7, 11) is 0. The molecular formula is C24H28FN3O. The maximum Gasteiger partial charge on any atom is 0.221 e. The first-order valence-electron chi connectivity index (χ1n) is 10.4. The molecule has 5 heteroatoms. The third-order valence-electron chi connectivity index (χ3n) is 5.93. The Morgan fingerprint density at radius 3 is 2.62 bits per heavy atom. The van der Waals surface area contributed by atoms with Crippen molar-refractivity contribution < 1.29 is 9.18 Å². The lowest BCUT2D eigenvalue weighted by atomic mass is 10.0. The number of aryl methyl sites for hydroxylation is 1. The van der Waals surface area contributed by atoms with Crippen molar-refractivity contribution in [3.8, 4) is 0 Å². The topological polar surface area (TPSA) is 37.3 Å². The average Bonchev–Trinajstić information content (AvgIpc) is 3.02. The lowest BCUT2D eigenvalue weighted by Gasteiger charge is -2.34. The highest BCUT2D eigenvalue weighted by Crippen LogP contribution is 2.31. The zero-order valence-corrected chi connectivity index (χ0v) is 17.1. The summed E-state index contributed by atoms with van der Waals surface area (Å²) in [5.74, 6) is -0.158. The van der Waals surface area contributed by atoms with E-state index in [0.717, 1.165) is 50.1 Å². The number of carbonyl (C=O) groups excluding carboxylic acids is 1. The molecule has 1 fully saturated rings. The monoisotopic (exact) mass is 393 g/mol. The smallest absolute Gasteiger partial charge is 0.221 e. The van der Waals surface area contributed by atoms with Crippen molar-refractivity contribution in [1.29, 1.82) is 0 Å². The van der Waals surface area contributed by atoms with Gasteiger partial charge in [-0.3, -0.25) is 4.79 Å². The van der Waals surface area contributed by atoms with E-state index >= 15 is 0 Å². The molecule has 0 aliphatic carbocycles. The van der Waals surface area contributed by atoms with E-state index in [-0.39, 0.29) is 11.7 Å². The third kappa shape index (κ3) is 4.35. The number of aromatic nitrogens is 1. The van der Waals surface area contributed by atoms with Gasteiger partial charge in [-0.1, -0.05) is 24.3 Å². The fourth-order valence-corrected chi connectivity index (χ4v) is 4.51. The van der Waals surface area contributed by atoms with E-state index < -0.39 is 0 Å². The predicted octanol–water partition coefficient (Wildman–Crippen LogP) is 4.93. The normalized spacial score (nSPS) is 15.7. The Bertz CT molecular complexity index is 1020. The number of hydrogen-bond acceptors (Lipinski definition) is 2. The molecule has 1 amide bonds. The summed E-state index contributed by atoms with van der Waals surface area (Å²) in [5.41, 5.74) is 4.07. The number of hydrogen-bond donors (Lipinski definition) is 1. The van der Waals surface area contributed by atoms with E-state index in [2.05, 4.69) is 39.9 Å². The molecule has 1 saturated heterocycles. The second-order valence-electron chi connectivity index (χ2n) is 8.02. The number of rotatable bonds is 5. The fourth-order valence-electron chi connectivity index (χ4n) is 4.51. The molecule has 4 rings (SSSR count). The minimum atomic E-state index is -0.105. The molecule has 152 valence electrons. The van der Waals surface area contributed by atoms with E-state index in [4.69, 9.17) is 0 Å². The molecule has 29 heavy (non-hydrogen) atoms. The van der Waals surface area contributed by atoms with Crippen LogP contribution < -0.4 is 5.32 Å². The van der Waals surface area contributed by atoms with Crippen LogP contribution in [0.4, 0.5) is 10.1 Å². The van der Waals surface area contributed by atoms with Crippen LogP contribution in [-0.4, -0.2) is 35.0 Å². The minimum Gasteiger partial charge on any atom is -0.342 e. The van der Waals surface area contributed by atoms with Crippen molar-refractivity contribution in [2.45, 2.75) is 39.2 Å². The molecule has 0 bridgehead atoms. The summed E-state index contributed by atoms with van der Waals surface area (Å²) in [4.78, 5) is 13.9. The van der Waals surface area contributed by atoms with Crippen molar-refractivity contribution in [2.24, 2.45) is 0 Å². The highest BCUT2D eigenvalue weighted by Gasteiger charge is 2.23. The Hall–Kier alpha value is -2.66. The number of nitrogens with one attached hydrogen (secondary N) is 1. The van der Waals surface area contributed by atoms with Gasteiger partial charge in [0.25, 0.3) is 0 Å². The van der Waals surface area contributed by atoms with Gasteiger partial charge in [-0.05, 0) is 56.0 Å². The standard InChI is InChI=1S/C24H28FN3O/c1-17-15-20-7-8-21(26-18(2)29)16-24(20)28(17)22-10-13-27(14-11-22)12-9-19-5-3-4-6-23(19)25/h3-8,15-16,22H,9-14H2,1-2H3,(H,26,29). The van der Waals surface area contributed by atoms with E-state index in [0.29, 0.717) is 6.04 Å². The molecule has 1 N–H and O–H groups in total. The van der Waals surface area contributed by atoms with Crippen molar-refractivity contribution in [3.05, 3.63) is 65.6 Å². The van der Waals surface area contributed by atoms with Gasteiger partial charge in [0.15, 0.2) is 0 Å². The maximum atomic E-state index is 13.8. The third-order valence-corrected chi connectivity index (χ3v) is 5.93. The lowest BCUT2D eigenvalue weighted by Crippen LogP contribution is -2.36. The quantitative estimate of drug-likeness (QED) is 0.668. The van der Waals surface area contributed by atoms with E-state index in [9.17, 15) is 9.18 Å². The van der Waals surface area contributed by atoms with E-state index in [1.54, 1.807) is 6.07 Å². The number of piperidine rings is 1. The first-order valence-corrected chi connectivity index (χ1v) is 10.4. The first-order chi connectivity index (χ1) is 14.0. The Balaban J connectivity index is 1.44. The van der Waals surface area contributed by atoms with Gasteiger partial charge in [-0.2, -0.15) is 0 Å². The van der Waals surface area contributed by atoms with Crippen LogP contribution in [0.5, 0.6) is 0 Å². The number of halogens is 1. The number of likely N-dealkylation sites (tertiary alicyclic amines) is 1. The van der Waals surface area contributed by atoms with Crippen LogP contribution >= 0.6 is 0 Å². The van der Waals surface area contributed by atoms with Crippen LogP contribution in [0.25, 0.3) is 10.9 Å². The average molecular weight is 394 g/mol. The molecule has 0 radical (unpaired) electrons. The summed E-state index contributed by atoms with van der Waals surface area (Å²) in [6, 6.07) is 15.8. The summed E-state index contributed by atoms with van der Waals surface area (Å²) in [6.45, 7) is 6.62. The van der Waals surface area contributed by atoms with Crippen LogP contribution in [0.3, 0.4) is 0 Å². The fraction of sp³-hybridized carbons (Fsp3) is 0.375. The highest BCUT2D eigenvalue weighted by atomic mass is 19.1. The number of carbonyl (C=O) groups is 1. The van der Waals surface area contributed by atoms with Crippen LogP contribution in [0, 0.1) is 12.7 Å². The molecule has 0 atom stereocenters. The molecule has 1 aliphatic rings. The zero-order valence-electron chi connectivity index (χ0n) is 17.1. The van der Waals surface area contributed by atoms with Crippen molar-refractivity contribution in [2.75, 3.05) is 25.0 Å². The Morgan fingerprint density at radius 2 is 1.90 bits per heavy atom. The minimum absolute atomic E-state index is 0.0534. The SMILES string of the molecule is CC(=O)Nc1ccc2cc(C)n(C3CCN(CCc4ccccc4F)CC3)c2c1. The molecule has 2 heterocycles. The summed E-state index contributed by atoms with van der Waals surface area (Å²) < 4.78 is 16.3. The van der Waals surface area contributed by atoms with Gasteiger partial charge in [0.1, 0.15) is 5.82 Å². The van der Waals surface area contributed by atoms with Gasteiger partial charge in [0, 0.05) is 49.4 Å². The van der Waals surface area contributed by atoms with Crippen LogP contribution in [0.1, 0.15) is 37.1 Å². The molecule has 4 nitrogen and oxygen atoms in total. The van der Waals surface area contributed by atoms with Crippen molar-refractivity contribution in [1.82, 2.24) is 9.47 Å². The van der Waals surface area contributed by atoms with Crippen LogP contribution in [-0.2, 0) is 11.2 Å². The molecule has 1 aliphatic heterocycles. The van der Waals surface area contributed by atoms with Gasteiger partial charge in [0.2, 0.25) is 5.91 Å². The van der Waals surface area contributed by atoms with E-state index in [1.165, 1.54) is 29.6 Å². The van der Waals surface area contributed by atoms with Crippen LogP contribution in [0.15, 0.2) is 48.5 Å². The predicted molar refractivity (Wildman–Crippen MR) is 116 cm³/mol. The number of anilines is 1. The van der Waals surface area contributed by atoms with Crippen LogP contribution in [0.2, 0.25) is 0 Å². The van der Waals surface area contributed by atoms with E-state index in [1.807, 2.05) is 18.2 Å². The number of nitrogens with zero attached hydrogens (tertiary/aromatic N) is 2. The molecule has 3 aromatic rings. The summed E-state index contributed by atoms with van der Waals surface area (Å²) in [5, 5.41) is 4.10. The second-order valence-corrected chi connectivity index (χ2v) is 8.02. The molecule has 0 spiro atoms. The van der Waals surface area contributed by atoms with Gasteiger partial charge in [-0.15, -0.1) is 0 Å². The summed E-state index contributed by atoms with van der Waals surface area (Å²) in [6.07, 6.45) is 2.90. The molecule has 1 aromatic heterocycles. The Kier molecular flexibility index (Phi) is 5.67. The molecule has 2 aromatic carbocycles. The Morgan fingerprint density at radius 1 is 1.14 bits per heavy atom. The van der Waals surface area contributed by atoms with Crippen molar-refractivity contribution >= 4 is 22.5 Å². The first kappa shape index (κ1) is 19.6. The van der Waals surface area contributed by atoms with Gasteiger partial charge in [-0.25, -0.2) is 4.39 Å². The van der Waals surface area contributed by atoms with Gasteiger partial charge < -0.3 is 14.8 Å². The second kappa shape index (κ2) is 8.37. The summed E-state index contributed by atoms with van der Waals surface area (Å²) >= 11 is 0. The molecule has 0 saturated carbocycles. The van der Waals surface area contributed by atoms with Crippen molar-refractivity contribution in [3.63, 3.8) is 0 Å². The number of amides is 1. The lowest BCUT2D eigenvalue weighted by molar-refractivity contribution is -0.114.